The first-order chi connectivity index (χ1) is 7.25. The van der Waals surface area contributed by atoms with Crippen molar-refractivity contribution in [2.45, 2.75) is 65.6 Å². The van der Waals surface area contributed by atoms with Gasteiger partial charge in [0.2, 0.25) is 5.91 Å². The van der Waals surface area contributed by atoms with Crippen LogP contribution in [-0.4, -0.2) is 34.7 Å². The molecular formula is C12H24N2O2. The number of rotatable bonds is 7. The highest BCUT2D eigenvalue weighted by molar-refractivity contribution is 5.79. The van der Waals surface area contributed by atoms with Gasteiger partial charge in [-0.25, -0.2) is 0 Å². The van der Waals surface area contributed by atoms with Gasteiger partial charge in [0, 0.05) is 31.0 Å². The van der Waals surface area contributed by atoms with Crippen LogP contribution in [0.3, 0.4) is 0 Å². The lowest BCUT2D eigenvalue weighted by Crippen LogP contribution is -2.47. The highest BCUT2D eigenvalue weighted by Gasteiger charge is 2.26. The number of carbonyl (C=O) groups is 2. The van der Waals surface area contributed by atoms with E-state index >= 15 is 0 Å². The molecule has 1 amide bonds. The number of Topliss-reactive ketones (excluding diaryl/α,β-unsaturated/α-hetero) is 1. The normalized spacial score (nSPS) is 13.5. The Balaban J connectivity index is 4.80. The topological polar surface area (TPSA) is 63.4 Å². The third kappa shape index (κ3) is 5.26. The Morgan fingerprint density at radius 2 is 1.50 bits per heavy atom. The van der Waals surface area contributed by atoms with Gasteiger partial charge in [-0.3, -0.25) is 14.5 Å². The average Bonchev–Trinajstić information content (AvgIpc) is 1.98. The summed E-state index contributed by atoms with van der Waals surface area (Å²) in [6.45, 7) is 9.80. The molecular weight excluding hydrogens is 204 g/mol. The first-order valence-corrected chi connectivity index (χ1v) is 5.80. The Morgan fingerprint density at radius 3 is 1.75 bits per heavy atom. The summed E-state index contributed by atoms with van der Waals surface area (Å²) in [7, 11) is 0. The maximum Gasteiger partial charge on any atom is 0.219 e. The van der Waals surface area contributed by atoms with Crippen LogP contribution >= 0.6 is 0 Å². The van der Waals surface area contributed by atoms with Crippen LogP contribution < -0.4 is 5.73 Å². The molecule has 0 saturated carbocycles. The van der Waals surface area contributed by atoms with Gasteiger partial charge < -0.3 is 5.73 Å². The predicted molar refractivity (Wildman–Crippen MR) is 65.0 cm³/mol. The minimum Gasteiger partial charge on any atom is -0.370 e. The molecule has 0 spiro atoms. The molecule has 0 bridgehead atoms. The molecule has 4 nitrogen and oxygen atoms in total. The van der Waals surface area contributed by atoms with Crippen LogP contribution in [0.2, 0.25) is 0 Å². The molecule has 0 heterocycles. The summed E-state index contributed by atoms with van der Waals surface area (Å²) in [5.74, 6) is -0.255. The van der Waals surface area contributed by atoms with E-state index in [1.807, 2.05) is 0 Å². The van der Waals surface area contributed by atoms with Gasteiger partial charge in [-0.1, -0.05) is 0 Å². The van der Waals surface area contributed by atoms with Crippen LogP contribution in [0.25, 0.3) is 0 Å². The van der Waals surface area contributed by atoms with E-state index in [0.717, 1.165) is 0 Å². The van der Waals surface area contributed by atoms with Crippen molar-refractivity contribution in [3.63, 3.8) is 0 Å². The fraction of sp³-hybridized carbons (Fsp3) is 0.833. The Labute approximate surface area is 98.2 Å². The molecule has 16 heavy (non-hydrogen) atoms. The SMILES string of the molecule is CC(=O)CC(CC(N)=O)N(C(C)C)C(C)C. The number of ketones is 1. The smallest absolute Gasteiger partial charge is 0.219 e. The predicted octanol–water partition coefficient (Wildman–Crippen LogP) is 1.33. The molecule has 0 aliphatic rings. The third-order valence-corrected chi connectivity index (χ3v) is 2.57. The summed E-state index contributed by atoms with van der Waals surface area (Å²) >= 11 is 0. The van der Waals surface area contributed by atoms with Gasteiger partial charge >= 0.3 is 0 Å². The average molecular weight is 228 g/mol. The number of amides is 1. The molecule has 0 aliphatic carbocycles. The largest absolute Gasteiger partial charge is 0.370 e. The van der Waals surface area contributed by atoms with Crippen molar-refractivity contribution in [1.82, 2.24) is 4.90 Å². The van der Waals surface area contributed by atoms with Gasteiger partial charge in [-0.2, -0.15) is 0 Å². The van der Waals surface area contributed by atoms with Gasteiger partial charge in [0.25, 0.3) is 0 Å². The molecule has 2 N–H and O–H groups in total. The second-order valence-corrected chi connectivity index (χ2v) is 4.87. The zero-order valence-corrected chi connectivity index (χ0v) is 11.0. The molecule has 0 aromatic carbocycles. The Hall–Kier alpha value is -0.900. The van der Waals surface area contributed by atoms with Crippen LogP contribution in [0.15, 0.2) is 0 Å². The van der Waals surface area contributed by atoms with Gasteiger partial charge in [-0.05, 0) is 34.6 Å². The first kappa shape index (κ1) is 15.1. The third-order valence-electron chi connectivity index (χ3n) is 2.57. The molecule has 0 aromatic rings. The molecule has 94 valence electrons. The van der Waals surface area contributed by atoms with Crippen LogP contribution in [-0.2, 0) is 9.59 Å². The highest BCUT2D eigenvalue weighted by atomic mass is 16.1. The van der Waals surface area contributed by atoms with Crippen molar-refractivity contribution < 1.29 is 9.59 Å². The van der Waals surface area contributed by atoms with Crippen LogP contribution in [0.4, 0.5) is 0 Å². The van der Waals surface area contributed by atoms with E-state index in [1.165, 1.54) is 0 Å². The zero-order chi connectivity index (χ0) is 12.9. The molecule has 0 fully saturated rings. The lowest BCUT2D eigenvalue weighted by molar-refractivity contribution is -0.121. The minimum absolute atomic E-state index is 0.0741. The summed E-state index contributed by atoms with van der Waals surface area (Å²) in [6, 6.07) is 0.516. The van der Waals surface area contributed by atoms with E-state index in [2.05, 4.69) is 32.6 Å². The minimum atomic E-state index is -0.349. The molecule has 0 aromatic heterocycles. The summed E-state index contributed by atoms with van der Waals surface area (Å²) in [6.07, 6.45) is 0.634. The monoisotopic (exact) mass is 228 g/mol. The van der Waals surface area contributed by atoms with Crippen molar-refractivity contribution in [3.05, 3.63) is 0 Å². The number of nitrogens with zero attached hydrogens (tertiary/aromatic N) is 1. The van der Waals surface area contributed by atoms with E-state index in [0.29, 0.717) is 18.5 Å². The number of nitrogens with two attached hydrogens (primary N) is 1. The van der Waals surface area contributed by atoms with E-state index in [1.54, 1.807) is 6.92 Å². The van der Waals surface area contributed by atoms with Crippen LogP contribution in [0, 0.1) is 0 Å². The number of carbonyl (C=O) groups excluding carboxylic acids is 2. The molecule has 1 unspecified atom stereocenters. The standard InChI is InChI=1S/C12H24N2O2/c1-8(2)14(9(3)4)11(6-10(5)15)7-12(13)16/h8-9,11H,6-7H2,1-5H3,(H2,13,16). The second kappa shape index (κ2) is 6.63. The maximum absolute atomic E-state index is 11.2. The molecule has 0 radical (unpaired) electrons. The van der Waals surface area contributed by atoms with Crippen LogP contribution in [0.5, 0.6) is 0 Å². The van der Waals surface area contributed by atoms with Gasteiger partial charge in [0.05, 0.1) is 0 Å². The Morgan fingerprint density at radius 1 is 1.06 bits per heavy atom. The van der Waals surface area contributed by atoms with E-state index in [4.69, 9.17) is 5.73 Å². The van der Waals surface area contributed by atoms with Crippen molar-refractivity contribution in [2.75, 3.05) is 0 Å². The highest BCUT2D eigenvalue weighted by Crippen LogP contribution is 2.16. The Bertz CT molecular complexity index is 225. The number of primary amides is 1. The van der Waals surface area contributed by atoms with Crippen molar-refractivity contribution >= 4 is 11.7 Å². The van der Waals surface area contributed by atoms with Gasteiger partial charge in [0.1, 0.15) is 5.78 Å². The molecule has 1 atom stereocenters. The molecule has 0 aliphatic heterocycles. The fourth-order valence-electron chi connectivity index (χ4n) is 2.29. The Kier molecular flexibility index (Phi) is 6.26. The first-order valence-electron chi connectivity index (χ1n) is 5.80. The summed E-state index contributed by atoms with van der Waals surface area (Å²) in [5, 5.41) is 0. The maximum atomic E-state index is 11.2. The zero-order valence-electron chi connectivity index (χ0n) is 11.0. The van der Waals surface area contributed by atoms with Gasteiger partial charge in [0.15, 0.2) is 0 Å². The lowest BCUT2D eigenvalue weighted by Gasteiger charge is -2.37. The fourth-order valence-corrected chi connectivity index (χ4v) is 2.29. The van der Waals surface area contributed by atoms with E-state index < -0.39 is 0 Å². The van der Waals surface area contributed by atoms with Crippen molar-refractivity contribution in [3.8, 4) is 0 Å². The lowest BCUT2D eigenvalue weighted by atomic mass is 10.0. The quantitative estimate of drug-likeness (QED) is 0.715. The molecule has 0 rings (SSSR count). The summed E-state index contributed by atoms with van der Waals surface area (Å²) in [5.41, 5.74) is 5.23. The van der Waals surface area contributed by atoms with Crippen molar-refractivity contribution in [1.29, 1.82) is 0 Å². The summed E-state index contributed by atoms with van der Waals surface area (Å²) < 4.78 is 0. The van der Waals surface area contributed by atoms with Gasteiger partial charge in [-0.15, -0.1) is 0 Å². The summed E-state index contributed by atoms with van der Waals surface area (Å²) in [4.78, 5) is 24.4. The van der Waals surface area contributed by atoms with E-state index in [-0.39, 0.29) is 24.2 Å². The second-order valence-electron chi connectivity index (χ2n) is 4.87. The molecule has 4 heteroatoms. The number of hydrogen-bond acceptors (Lipinski definition) is 3. The van der Waals surface area contributed by atoms with Crippen molar-refractivity contribution in [2.24, 2.45) is 5.73 Å². The number of hydrogen-bond donors (Lipinski definition) is 1. The van der Waals surface area contributed by atoms with E-state index in [9.17, 15) is 9.59 Å². The molecule has 0 saturated heterocycles. The van der Waals surface area contributed by atoms with Crippen LogP contribution in [0.1, 0.15) is 47.5 Å².